The van der Waals surface area contributed by atoms with E-state index in [4.69, 9.17) is 9.47 Å². The number of hydrogen-bond donors (Lipinski definition) is 0. The third-order valence-electron chi connectivity index (χ3n) is 4.80. The maximum Gasteiger partial charge on any atom is 0.337 e. The normalized spacial score (nSPS) is 13.9. The predicted octanol–water partition coefficient (Wildman–Crippen LogP) is 3.24. The average molecular weight is 389 g/mol. The largest absolute Gasteiger partial charge is 0.497 e. The number of methoxy groups -OCH3 is 2. The Morgan fingerprint density at radius 2 is 1.74 bits per heavy atom. The van der Waals surface area contributed by atoms with Crippen LogP contribution in [-0.2, 0) is 21.2 Å². The number of carbonyl (C=O) groups is 1. The first kappa shape index (κ1) is 19.2. The van der Waals surface area contributed by atoms with Crippen LogP contribution in [0.2, 0.25) is 0 Å². The van der Waals surface area contributed by atoms with Crippen molar-refractivity contribution in [2.24, 2.45) is 0 Å². The van der Waals surface area contributed by atoms with Crippen LogP contribution in [0.5, 0.6) is 5.75 Å². The SMILES string of the molecule is COC(=O)c1ccc2c(c1)N(S(=O)(=O)c1c(C)cc(OC)cc1C)CCC2. The van der Waals surface area contributed by atoms with Gasteiger partial charge in [0.05, 0.1) is 30.4 Å². The van der Waals surface area contributed by atoms with Gasteiger partial charge in [-0.05, 0) is 67.6 Å². The minimum absolute atomic E-state index is 0.277. The van der Waals surface area contributed by atoms with Crippen molar-refractivity contribution in [3.05, 3.63) is 52.6 Å². The molecular weight excluding hydrogens is 366 g/mol. The van der Waals surface area contributed by atoms with Gasteiger partial charge in [0.15, 0.2) is 0 Å². The van der Waals surface area contributed by atoms with Gasteiger partial charge in [0, 0.05) is 6.54 Å². The van der Waals surface area contributed by atoms with Crippen molar-refractivity contribution in [1.29, 1.82) is 0 Å². The third kappa shape index (κ3) is 3.39. The summed E-state index contributed by atoms with van der Waals surface area (Å²) < 4.78 is 38.4. The Kier molecular flexibility index (Phi) is 5.15. The van der Waals surface area contributed by atoms with E-state index in [1.165, 1.54) is 11.4 Å². The molecule has 0 saturated heterocycles. The molecule has 0 aromatic heterocycles. The first-order valence-electron chi connectivity index (χ1n) is 8.69. The molecule has 0 atom stereocenters. The number of anilines is 1. The average Bonchev–Trinajstić information content (AvgIpc) is 2.65. The van der Waals surface area contributed by atoms with Crippen molar-refractivity contribution in [1.82, 2.24) is 0 Å². The number of sulfonamides is 1. The van der Waals surface area contributed by atoms with Gasteiger partial charge in [-0.3, -0.25) is 4.31 Å². The van der Waals surface area contributed by atoms with Crippen LogP contribution in [0.1, 0.15) is 33.5 Å². The number of nitrogens with zero attached hydrogens (tertiary/aromatic N) is 1. The van der Waals surface area contributed by atoms with Gasteiger partial charge < -0.3 is 9.47 Å². The van der Waals surface area contributed by atoms with Gasteiger partial charge in [0.1, 0.15) is 5.75 Å². The Bertz CT molecular complexity index is 974. The van der Waals surface area contributed by atoms with Crippen LogP contribution in [-0.4, -0.2) is 35.2 Å². The van der Waals surface area contributed by atoms with Crippen LogP contribution < -0.4 is 9.04 Å². The molecule has 0 unspecified atom stereocenters. The van der Waals surface area contributed by atoms with Crippen LogP contribution in [0.15, 0.2) is 35.2 Å². The van der Waals surface area contributed by atoms with Crippen molar-refractivity contribution < 1.29 is 22.7 Å². The molecule has 0 spiro atoms. The molecule has 0 N–H and O–H groups in total. The Morgan fingerprint density at radius 3 is 2.33 bits per heavy atom. The molecule has 0 radical (unpaired) electrons. The van der Waals surface area contributed by atoms with Crippen LogP contribution >= 0.6 is 0 Å². The molecule has 1 aliphatic heterocycles. The number of rotatable bonds is 4. The highest BCUT2D eigenvalue weighted by atomic mass is 32.2. The smallest absolute Gasteiger partial charge is 0.337 e. The molecule has 2 aromatic carbocycles. The summed E-state index contributed by atoms with van der Waals surface area (Å²) in [5, 5.41) is 0. The minimum Gasteiger partial charge on any atom is -0.497 e. The molecular formula is C20H23NO5S. The predicted molar refractivity (Wildman–Crippen MR) is 103 cm³/mol. The van der Waals surface area contributed by atoms with Crippen molar-refractivity contribution in [2.45, 2.75) is 31.6 Å². The molecule has 0 fully saturated rings. The maximum absolute atomic E-state index is 13.5. The van der Waals surface area contributed by atoms with Crippen molar-refractivity contribution >= 4 is 21.7 Å². The Balaban J connectivity index is 2.14. The molecule has 3 rings (SSSR count). The number of aryl methyl sites for hydroxylation is 3. The second-order valence-electron chi connectivity index (χ2n) is 6.61. The monoisotopic (exact) mass is 389 g/mol. The standard InChI is InChI=1S/C20H23NO5S/c1-13-10-17(25-3)11-14(2)19(13)27(23,24)21-9-5-6-15-7-8-16(12-18(15)21)20(22)26-4/h7-8,10-12H,5-6,9H2,1-4H3. The number of hydrogen-bond acceptors (Lipinski definition) is 5. The summed E-state index contributed by atoms with van der Waals surface area (Å²) in [4.78, 5) is 12.2. The van der Waals surface area contributed by atoms with E-state index in [2.05, 4.69) is 0 Å². The molecule has 2 aromatic rings. The molecule has 1 aliphatic rings. The first-order valence-corrected chi connectivity index (χ1v) is 10.1. The highest BCUT2D eigenvalue weighted by molar-refractivity contribution is 7.93. The van der Waals surface area contributed by atoms with Gasteiger partial charge in [0.25, 0.3) is 10.0 Å². The molecule has 1 heterocycles. The molecule has 27 heavy (non-hydrogen) atoms. The first-order chi connectivity index (χ1) is 12.8. The zero-order valence-corrected chi connectivity index (χ0v) is 16.7. The molecule has 7 heteroatoms. The lowest BCUT2D eigenvalue weighted by atomic mass is 10.0. The van der Waals surface area contributed by atoms with Crippen LogP contribution in [0.4, 0.5) is 5.69 Å². The molecule has 6 nitrogen and oxygen atoms in total. The quantitative estimate of drug-likeness (QED) is 0.751. The summed E-state index contributed by atoms with van der Waals surface area (Å²) in [5.41, 5.74) is 3.03. The van der Waals surface area contributed by atoms with Gasteiger partial charge >= 0.3 is 5.97 Å². The fourth-order valence-corrected chi connectivity index (χ4v) is 5.53. The maximum atomic E-state index is 13.5. The van der Waals surface area contributed by atoms with Gasteiger partial charge in [-0.1, -0.05) is 6.07 Å². The molecule has 144 valence electrons. The lowest BCUT2D eigenvalue weighted by Crippen LogP contribution is -2.36. The summed E-state index contributed by atoms with van der Waals surface area (Å²) in [6, 6.07) is 8.51. The second-order valence-corrected chi connectivity index (χ2v) is 8.41. The molecule has 0 aliphatic carbocycles. The highest BCUT2D eigenvalue weighted by Crippen LogP contribution is 2.36. The van der Waals surface area contributed by atoms with Crippen LogP contribution in [0.25, 0.3) is 0 Å². The van der Waals surface area contributed by atoms with Crippen molar-refractivity contribution in [2.75, 3.05) is 25.1 Å². The zero-order chi connectivity index (χ0) is 19.8. The lowest BCUT2D eigenvalue weighted by molar-refractivity contribution is 0.0600. The van der Waals surface area contributed by atoms with Crippen LogP contribution in [0.3, 0.4) is 0 Å². The second kappa shape index (κ2) is 7.23. The molecule has 0 amide bonds. The van der Waals surface area contributed by atoms with E-state index in [0.717, 1.165) is 18.4 Å². The number of carbonyl (C=O) groups excluding carboxylic acids is 1. The Morgan fingerprint density at radius 1 is 1.07 bits per heavy atom. The fraction of sp³-hybridized carbons (Fsp3) is 0.350. The minimum atomic E-state index is -3.79. The highest BCUT2D eigenvalue weighted by Gasteiger charge is 2.32. The lowest BCUT2D eigenvalue weighted by Gasteiger charge is -2.32. The van der Waals surface area contributed by atoms with Gasteiger partial charge in [-0.2, -0.15) is 0 Å². The van der Waals surface area contributed by atoms with Gasteiger partial charge in [-0.25, -0.2) is 13.2 Å². The topological polar surface area (TPSA) is 72.9 Å². The number of ether oxygens (including phenoxy) is 2. The summed E-state index contributed by atoms with van der Waals surface area (Å²) in [6.45, 7) is 3.89. The number of fused-ring (bicyclic) bond motifs is 1. The molecule has 0 bridgehead atoms. The number of benzene rings is 2. The van der Waals surface area contributed by atoms with E-state index in [1.807, 2.05) is 0 Å². The van der Waals surface area contributed by atoms with Crippen molar-refractivity contribution in [3.63, 3.8) is 0 Å². The van der Waals surface area contributed by atoms with E-state index >= 15 is 0 Å². The number of esters is 1. The Labute approximate surface area is 159 Å². The van der Waals surface area contributed by atoms with Gasteiger partial charge in [0.2, 0.25) is 0 Å². The third-order valence-corrected chi connectivity index (χ3v) is 6.92. The van der Waals surface area contributed by atoms with Gasteiger partial charge in [-0.15, -0.1) is 0 Å². The van der Waals surface area contributed by atoms with E-state index in [-0.39, 0.29) is 4.90 Å². The van der Waals surface area contributed by atoms with E-state index in [1.54, 1.807) is 51.3 Å². The Hall–Kier alpha value is -2.54. The summed E-state index contributed by atoms with van der Waals surface area (Å²) in [7, 11) is -0.926. The summed E-state index contributed by atoms with van der Waals surface area (Å²) in [5.74, 6) is 0.133. The summed E-state index contributed by atoms with van der Waals surface area (Å²) >= 11 is 0. The molecule has 0 saturated carbocycles. The van der Waals surface area contributed by atoms with Crippen molar-refractivity contribution in [3.8, 4) is 5.75 Å². The van der Waals surface area contributed by atoms with E-state index in [0.29, 0.717) is 34.7 Å². The van der Waals surface area contributed by atoms with E-state index in [9.17, 15) is 13.2 Å². The van der Waals surface area contributed by atoms with E-state index < -0.39 is 16.0 Å². The fourth-order valence-electron chi connectivity index (χ4n) is 3.58. The van der Waals surface area contributed by atoms with Crippen LogP contribution in [0, 0.1) is 13.8 Å². The zero-order valence-electron chi connectivity index (χ0n) is 15.9. The summed E-state index contributed by atoms with van der Waals surface area (Å²) in [6.07, 6.45) is 1.49.